The van der Waals surface area contributed by atoms with Crippen molar-refractivity contribution < 1.29 is 4.74 Å². The second-order valence-corrected chi connectivity index (χ2v) is 3.91. The van der Waals surface area contributed by atoms with Gasteiger partial charge in [-0.1, -0.05) is 15.9 Å². The Hall–Kier alpha value is -0.500. The lowest BCUT2D eigenvalue weighted by atomic mass is 10.1. The molecule has 2 rings (SSSR count). The van der Waals surface area contributed by atoms with Crippen LogP contribution in [-0.2, 0) is 12.8 Å². The maximum Gasteiger partial charge on any atom is 0.122 e. The molecule has 1 nitrogen and oxygen atoms in total. The van der Waals surface area contributed by atoms with Crippen LogP contribution < -0.4 is 4.74 Å². The smallest absolute Gasteiger partial charge is 0.122 e. The van der Waals surface area contributed by atoms with Gasteiger partial charge in [0.1, 0.15) is 5.75 Å². The van der Waals surface area contributed by atoms with E-state index in [-0.39, 0.29) is 0 Å². The number of methoxy groups -OCH3 is 1. The summed E-state index contributed by atoms with van der Waals surface area (Å²) < 4.78 is 6.52. The van der Waals surface area contributed by atoms with E-state index in [1.807, 2.05) is 6.07 Å². The van der Waals surface area contributed by atoms with Crippen LogP contribution in [0.25, 0.3) is 0 Å². The van der Waals surface area contributed by atoms with Crippen LogP contribution in [-0.4, -0.2) is 7.11 Å². The van der Waals surface area contributed by atoms with E-state index in [0.717, 1.165) is 12.2 Å². The van der Waals surface area contributed by atoms with Gasteiger partial charge >= 0.3 is 0 Å². The summed E-state index contributed by atoms with van der Waals surface area (Å²) in [6, 6.07) is 4.11. The fourth-order valence-electron chi connectivity index (χ4n) is 1.82. The summed E-state index contributed by atoms with van der Waals surface area (Å²) in [4.78, 5) is 0. The average Bonchev–Trinajstić information content (AvgIpc) is 2.54. The molecule has 0 aromatic heterocycles. The zero-order valence-electron chi connectivity index (χ0n) is 7.06. The van der Waals surface area contributed by atoms with Crippen molar-refractivity contribution in [1.82, 2.24) is 0 Å². The Labute approximate surface area is 80.9 Å². The molecule has 1 aliphatic carbocycles. The second-order valence-electron chi connectivity index (χ2n) is 3.06. The number of hydrogen-bond donors (Lipinski definition) is 0. The molecule has 1 aromatic rings. The first-order chi connectivity index (χ1) is 5.83. The molecule has 64 valence electrons. The highest BCUT2D eigenvalue weighted by Gasteiger charge is 2.17. The van der Waals surface area contributed by atoms with E-state index in [0.29, 0.717) is 0 Å². The Bertz CT molecular complexity index is 307. The Kier molecular flexibility index (Phi) is 2.09. The van der Waals surface area contributed by atoms with E-state index in [2.05, 4.69) is 22.0 Å². The molecule has 0 bridgehead atoms. The Morgan fingerprint density at radius 3 is 2.75 bits per heavy atom. The van der Waals surface area contributed by atoms with Crippen LogP contribution in [0.1, 0.15) is 17.5 Å². The molecule has 0 unspecified atom stereocenters. The highest BCUT2D eigenvalue weighted by atomic mass is 79.9. The van der Waals surface area contributed by atoms with Gasteiger partial charge in [-0.05, 0) is 42.5 Å². The SMILES string of the molecule is COc1ccc(Br)c2c1CCC2. The molecule has 0 heterocycles. The Morgan fingerprint density at radius 2 is 2.00 bits per heavy atom. The largest absolute Gasteiger partial charge is 0.496 e. The van der Waals surface area contributed by atoms with Crippen molar-refractivity contribution in [3.8, 4) is 5.75 Å². The number of rotatable bonds is 1. The van der Waals surface area contributed by atoms with Crippen molar-refractivity contribution in [2.24, 2.45) is 0 Å². The van der Waals surface area contributed by atoms with E-state index in [9.17, 15) is 0 Å². The van der Waals surface area contributed by atoms with Gasteiger partial charge in [-0.25, -0.2) is 0 Å². The zero-order valence-corrected chi connectivity index (χ0v) is 8.65. The maximum atomic E-state index is 5.29. The summed E-state index contributed by atoms with van der Waals surface area (Å²) >= 11 is 3.56. The van der Waals surface area contributed by atoms with Gasteiger partial charge in [-0.2, -0.15) is 0 Å². The summed E-state index contributed by atoms with van der Waals surface area (Å²) in [5.41, 5.74) is 2.83. The molecule has 0 spiro atoms. The molecule has 0 fully saturated rings. The molecule has 0 radical (unpaired) electrons. The summed E-state index contributed by atoms with van der Waals surface area (Å²) in [5.74, 6) is 1.05. The predicted molar refractivity (Wildman–Crippen MR) is 52.7 cm³/mol. The third-order valence-corrected chi connectivity index (χ3v) is 3.15. The molecule has 1 aliphatic rings. The monoisotopic (exact) mass is 226 g/mol. The Balaban J connectivity index is 2.57. The van der Waals surface area contributed by atoms with Crippen molar-refractivity contribution in [3.63, 3.8) is 0 Å². The van der Waals surface area contributed by atoms with Crippen LogP contribution in [0, 0.1) is 0 Å². The summed E-state index contributed by atoms with van der Waals surface area (Å²) in [5, 5.41) is 0. The van der Waals surface area contributed by atoms with Crippen molar-refractivity contribution in [1.29, 1.82) is 0 Å². The topological polar surface area (TPSA) is 9.23 Å². The zero-order chi connectivity index (χ0) is 8.55. The van der Waals surface area contributed by atoms with E-state index in [1.54, 1.807) is 7.11 Å². The lowest BCUT2D eigenvalue weighted by Crippen LogP contribution is -1.91. The average molecular weight is 227 g/mol. The van der Waals surface area contributed by atoms with Gasteiger partial charge in [0.15, 0.2) is 0 Å². The molecule has 0 N–H and O–H groups in total. The normalized spacial score (nSPS) is 14.5. The third-order valence-electron chi connectivity index (χ3n) is 2.40. The molecule has 12 heavy (non-hydrogen) atoms. The molecular formula is C10H11BrO. The summed E-state index contributed by atoms with van der Waals surface area (Å²) in [6.45, 7) is 0. The predicted octanol–water partition coefficient (Wildman–Crippen LogP) is 2.95. The highest BCUT2D eigenvalue weighted by Crippen LogP contribution is 2.35. The maximum absolute atomic E-state index is 5.29. The molecule has 1 aromatic carbocycles. The number of benzene rings is 1. The molecule has 0 amide bonds. The molecule has 0 saturated heterocycles. The van der Waals surface area contributed by atoms with Gasteiger partial charge < -0.3 is 4.74 Å². The van der Waals surface area contributed by atoms with Gasteiger partial charge in [0.05, 0.1) is 7.11 Å². The second kappa shape index (κ2) is 3.09. The van der Waals surface area contributed by atoms with E-state index in [1.165, 1.54) is 28.4 Å². The van der Waals surface area contributed by atoms with Gasteiger partial charge in [0, 0.05) is 4.47 Å². The fourth-order valence-corrected chi connectivity index (χ4v) is 2.39. The number of ether oxygens (including phenoxy) is 1. The van der Waals surface area contributed by atoms with Crippen molar-refractivity contribution >= 4 is 15.9 Å². The van der Waals surface area contributed by atoms with Crippen LogP contribution in [0.2, 0.25) is 0 Å². The van der Waals surface area contributed by atoms with Crippen molar-refractivity contribution in [2.75, 3.05) is 7.11 Å². The number of hydrogen-bond acceptors (Lipinski definition) is 1. The van der Waals surface area contributed by atoms with Crippen LogP contribution in [0.5, 0.6) is 5.75 Å². The summed E-state index contributed by atoms with van der Waals surface area (Å²) in [6.07, 6.45) is 3.61. The van der Waals surface area contributed by atoms with Crippen LogP contribution in [0.15, 0.2) is 16.6 Å². The molecule has 2 heteroatoms. The number of fused-ring (bicyclic) bond motifs is 1. The summed E-state index contributed by atoms with van der Waals surface area (Å²) in [7, 11) is 1.74. The first-order valence-electron chi connectivity index (χ1n) is 4.17. The van der Waals surface area contributed by atoms with Gasteiger partial charge in [0.2, 0.25) is 0 Å². The van der Waals surface area contributed by atoms with Gasteiger partial charge in [-0.3, -0.25) is 0 Å². The third kappa shape index (κ3) is 1.14. The van der Waals surface area contributed by atoms with E-state index < -0.39 is 0 Å². The van der Waals surface area contributed by atoms with E-state index >= 15 is 0 Å². The minimum Gasteiger partial charge on any atom is -0.496 e. The van der Waals surface area contributed by atoms with Gasteiger partial charge in [0.25, 0.3) is 0 Å². The van der Waals surface area contributed by atoms with E-state index in [4.69, 9.17) is 4.74 Å². The Morgan fingerprint density at radius 1 is 1.25 bits per heavy atom. The van der Waals surface area contributed by atoms with Crippen molar-refractivity contribution in [2.45, 2.75) is 19.3 Å². The molecule has 0 aliphatic heterocycles. The minimum atomic E-state index is 1.05. The quantitative estimate of drug-likeness (QED) is 0.716. The number of halogens is 1. The first kappa shape index (κ1) is 8.11. The van der Waals surface area contributed by atoms with Gasteiger partial charge in [-0.15, -0.1) is 0 Å². The highest BCUT2D eigenvalue weighted by molar-refractivity contribution is 9.10. The lowest BCUT2D eigenvalue weighted by molar-refractivity contribution is 0.410. The minimum absolute atomic E-state index is 1.05. The lowest BCUT2D eigenvalue weighted by Gasteiger charge is -2.07. The molecule has 0 saturated carbocycles. The van der Waals surface area contributed by atoms with Crippen LogP contribution in [0.3, 0.4) is 0 Å². The standard InChI is InChI=1S/C10H11BrO/c1-12-10-6-5-9(11)7-3-2-4-8(7)10/h5-6H,2-4H2,1H3. The van der Waals surface area contributed by atoms with Crippen LogP contribution in [0.4, 0.5) is 0 Å². The van der Waals surface area contributed by atoms with Crippen LogP contribution >= 0.6 is 15.9 Å². The molecular weight excluding hydrogens is 216 g/mol. The van der Waals surface area contributed by atoms with Crippen molar-refractivity contribution in [3.05, 3.63) is 27.7 Å². The fraction of sp³-hybridized carbons (Fsp3) is 0.400. The molecule has 0 atom stereocenters. The first-order valence-corrected chi connectivity index (χ1v) is 4.96.